The molecule has 29 heavy (non-hydrogen) atoms. The Morgan fingerprint density at radius 3 is 2.34 bits per heavy atom. The average Bonchev–Trinajstić information content (AvgIpc) is 3.03. The van der Waals surface area contributed by atoms with Gasteiger partial charge in [-0.15, -0.1) is 0 Å². The molecule has 0 aromatic rings. The molecule has 0 bridgehead atoms. The zero-order valence-electron chi connectivity index (χ0n) is 20.0. The molecule has 4 unspecified atom stereocenters. The number of rotatable bonds is 4. The molecule has 4 aliphatic carbocycles. The van der Waals surface area contributed by atoms with E-state index in [0.29, 0.717) is 28.6 Å². The lowest BCUT2D eigenvalue weighted by molar-refractivity contribution is -0.0414. The topological polar surface area (TPSA) is 20.2 Å². The van der Waals surface area contributed by atoms with Crippen LogP contribution < -0.4 is 0 Å². The Labute approximate surface area is 180 Å². The maximum absolute atomic E-state index is 10.2. The predicted octanol–water partition coefficient (Wildman–Crippen LogP) is 7.41. The molecule has 4 rings (SSSR count). The highest BCUT2D eigenvalue weighted by molar-refractivity contribution is 5.28. The first kappa shape index (κ1) is 21.7. The lowest BCUT2D eigenvalue weighted by Gasteiger charge is -2.57. The molecule has 3 saturated carbocycles. The third kappa shape index (κ3) is 3.58. The van der Waals surface area contributed by atoms with E-state index in [-0.39, 0.29) is 6.10 Å². The van der Waals surface area contributed by atoms with Crippen LogP contribution in [0.15, 0.2) is 23.8 Å². The van der Waals surface area contributed by atoms with Crippen molar-refractivity contribution in [2.24, 2.45) is 52.3 Å². The maximum Gasteiger partial charge on any atom is 0.0543 e. The first-order valence-corrected chi connectivity index (χ1v) is 12.7. The molecule has 0 aromatic carbocycles. The second kappa shape index (κ2) is 7.85. The Morgan fingerprint density at radius 1 is 0.931 bits per heavy atom. The molecule has 1 N–H and O–H groups in total. The highest BCUT2D eigenvalue weighted by Gasteiger charge is 2.57. The van der Waals surface area contributed by atoms with Gasteiger partial charge in [0.05, 0.1) is 6.10 Å². The summed E-state index contributed by atoms with van der Waals surface area (Å²) < 4.78 is 0. The zero-order chi connectivity index (χ0) is 21.0. The Bertz CT molecular complexity index is 659. The summed E-state index contributed by atoms with van der Waals surface area (Å²) in [4.78, 5) is 0. The van der Waals surface area contributed by atoms with Crippen LogP contribution in [0, 0.1) is 52.3 Å². The van der Waals surface area contributed by atoms with E-state index in [4.69, 9.17) is 0 Å². The van der Waals surface area contributed by atoms with E-state index in [1.807, 2.05) is 5.57 Å². The van der Waals surface area contributed by atoms with Crippen molar-refractivity contribution in [1.82, 2.24) is 0 Å². The minimum Gasteiger partial charge on any atom is -0.393 e. The SMILES string of the molecule is CC(C)C(C)C=CC(C)[C@H]1CC[C@H]2C3=CCC4CC(O)CC[C@]4(C)[C@H]3CC[C@]12C. The summed E-state index contributed by atoms with van der Waals surface area (Å²) in [6.07, 6.45) is 17.8. The number of aliphatic hydroxyl groups is 1. The molecule has 9 atom stereocenters. The molecule has 0 aromatic heterocycles. The van der Waals surface area contributed by atoms with E-state index >= 15 is 0 Å². The largest absolute Gasteiger partial charge is 0.393 e. The van der Waals surface area contributed by atoms with E-state index in [1.165, 1.54) is 38.5 Å². The highest BCUT2D eigenvalue weighted by Crippen LogP contribution is 2.66. The van der Waals surface area contributed by atoms with E-state index < -0.39 is 0 Å². The van der Waals surface area contributed by atoms with Gasteiger partial charge in [-0.1, -0.05) is 65.3 Å². The van der Waals surface area contributed by atoms with Gasteiger partial charge in [0, 0.05) is 0 Å². The molecular formula is C28H46O. The summed E-state index contributed by atoms with van der Waals surface area (Å²) in [6.45, 7) is 14.7. The van der Waals surface area contributed by atoms with Gasteiger partial charge in [0.1, 0.15) is 0 Å². The van der Waals surface area contributed by atoms with Crippen LogP contribution in [0.25, 0.3) is 0 Å². The number of allylic oxidation sites excluding steroid dienone is 4. The Balaban J connectivity index is 1.54. The van der Waals surface area contributed by atoms with Crippen LogP contribution in [0.5, 0.6) is 0 Å². The van der Waals surface area contributed by atoms with Gasteiger partial charge in [0.2, 0.25) is 0 Å². The standard InChI is InChI=1S/C28H46O/c1-18(2)19(3)7-8-20(4)24-11-12-25-23-10-9-21-17-22(29)13-15-27(21,5)26(23)14-16-28(24,25)6/h7-8,10,18-22,24-26,29H,9,11-17H2,1-6H3/t19?,20?,21?,22?,24-,25+,26+,27+,28-/m1/s1. The fourth-order valence-corrected chi connectivity index (χ4v) is 8.10. The molecular weight excluding hydrogens is 352 g/mol. The van der Waals surface area contributed by atoms with Gasteiger partial charge >= 0.3 is 0 Å². The smallest absolute Gasteiger partial charge is 0.0543 e. The van der Waals surface area contributed by atoms with Crippen LogP contribution in [0.3, 0.4) is 0 Å². The molecule has 0 spiro atoms. The van der Waals surface area contributed by atoms with Gasteiger partial charge in [-0.2, -0.15) is 0 Å². The maximum atomic E-state index is 10.2. The van der Waals surface area contributed by atoms with Gasteiger partial charge in [-0.05, 0) is 104 Å². The molecule has 0 amide bonds. The molecule has 0 aliphatic heterocycles. The van der Waals surface area contributed by atoms with Crippen molar-refractivity contribution in [3.63, 3.8) is 0 Å². The molecule has 0 radical (unpaired) electrons. The summed E-state index contributed by atoms with van der Waals surface area (Å²) in [7, 11) is 0. The Hall–Kier alpha value is -0.560. The molecule has 3 fully saturated rings. The van der Waals surface area contributed by atoms with Crippen molar-refractivity contribution in [3.05, 3.63) is 23.8 Å². The summed E-state index contributed by atoms with van der Waals surface area (Å²) >= 11 is 0. The van der Waals surface area contributed by atoms with E-state index in [9.17, 15) is 5.11 Å². The normalized spacial score (nSPS) is 46.8. The third-order valence-electron chi connectivity index (χ3n) is 10.5. The second-order valence-corrected chi connectivity index (χ2v) is 12.3. The van der Waals surface area contributed by atoms with Gasteiger partial charge in [-0.25, -0.2) is 0 Å². The number of hydrogen-bond donors (Lipinski definition) is 1. The fraction of sp³-hybridized carbons (Fsp3) is 0.857. The van der Waals surface area contributed by atoms with E-state index in [0.717, 1.165) is 36.5 Å². The molecule has 0 saturated heterocycles. The summed E-state index contributed by atoms with van der Waals surface area (Å²) in [5.74, 6) is 5.25. The number of aliphatic hydroxyl groups excluding tert-OH is 1. The van der Waals surface area contributed by atoms with Crippen LogP contribution in [0.4, 0.5) is 0 Å². The van der Waals surface area contributed by atoms with Gasteiger partial charge < -0.3 is 5.11 Å². The van der Waals surface area contributed by atoms with Crippen LogP contribution in [-0.2, 0) is 0 Å². The van der Waals surface area contributed by atoms with Crippen molar-refractivity contribution >= 4 is 0 Å². The predicted molar refractivity (Wildman–Crippen MR) is 124 cm³/mol. The van der Waals surface area contributed by atoms with Crippen molar-refractivity contribution in [2.75, 3.05) is 0 Å². The van der Waals surface area contributed by atoms with Crippen molar-refractivity contribution < 1.29 is 5.11 Å². The van der Waals surface area contributed by atoms with Crippen molar-refractivity contribution in [3.8, 4) is 0 Å². The van der Waals surface area contributed by atoms with Gasteiger partial charge in [0.15, 0.2) is 0 Å². The van der Waals surface area contributed by atoms with Crippen molar-refractivity contribution in [2.45, 2.75) is 99.0 Å². The summed E-state index contributed by atoms with van der Waals surface area (Å²) in [5.41, 5.74) is 2.79. The van der Waals surface area contributed by atoms with Crippen LogP contribution in [-0.4, -0.2) is 11.2 Å². The number of hydrogen-bond acceptors (Lipinski definition) is 1. The van der Waals surface area contributed by atoms with Gasteiger partial charge in [0.25, 0.3) is 0 Å². The molecule has 0 heterocycles. The van der Waals surface area contributed by atoms with Crippen LogP contribution in [0.1, 0.15) is 92.9 Å². The molecule has 164 valence electrons. The minimum atomic E-state index is -0.0476. The first-order chi connectivity index (χ1) is 13.7. The highest BCUT2D eigenvalue weighted by atomic mass is 16.3. The minimum absolute atomic E-state index is 0.0476. The van der Waals surface area contributed by atoms with E-state index in [2.05, 4.69) is 59.8 Å². The van der Waals surface area contributed by atoms with Crippen molar-refractivity contribution in [1.29, 1.82) is 0 Å². The lowest BCUT2D eigenvalue weighted by Crippen LogP contribution is -2.49. The summed E-state index contributed by atoms with van der Waals surface area (Å²) in [6, 6.07) is 0. The molecule has 1 heteroatoms. The fourth-order valence-electron chi connectivity index (χ4n) is 8.10. The number of fused-ring (bicyclic) bond motifs is 5. The quantitative estimate of drug-likeness (QED) is 0.489. The Morgan fingerprint density at radius 2 is 1.62 bits per heavy atom. The van der Waals surface area contributed by atoms with Gasteiger partial charge in [-0.3, -0.25) is 0 Å². The zero-order valence-corrected chi connectivity index (χ0v) is 20.0. The lowest BCUT2D eigenvalue weighted by atomic mass is 9.47. The van der Waals surface area contributed by atoms with E-state index in [1.54, 1.807) is 0 Å². The van der Waals surface area contributed by atoms with Crippen LogP contribution in [0.2, 0.25) is 0 Å². The van der Waals surface area contributed by atoms with Crippen LogP contribution >= 0.6 is 0 Å². The molecule has 4 aliphatic rings. The first-order valence-electron chi connectivity index (χ1n) is 12.7. The average molecular weight is 399 g/mol. The monoisotopic (exact) mass is 398 g/mol. The third-order valence-corrected chi connectivity index (χ3v) is 10.5. The molecule has 1 nitrogen and oxygen atoms in total. The Kier molecular flexibility index (Phi) is 5.86. The second-order valence-electron chi connectivity index (χ2n) is 12.3. The summed E-state index contributed by atoms with van der Waals surface area (Å²) in [5, 5.41) is 10.2.